The molecule has 2 aromatic heterocycles. The normalized spacial score (nSPS) is 10.4. The third-order valence-corrected chi connectivity index (χ3v) is 2.94. The van der Waals surface area contributed by atoms with E-state index in [1.165, 1.54) is 11.3 Å². The molecule has 0 aromatic carbocycles. The quantitative estimate of drug-likeness (QED) is 0.777. The maximum absolute atomic E-state index is 5.63. The molecular weight excluding hydrogens is 194 g/mol. The van der Waals surface area contributed by atoms with Gasteiger partial charge in [0.05, 0.1) is 16.3 Å². The lowest BCUT2D eigenvalue weighted by atomic mass is 10.2. The number of aromatic nitrogens is 2. The first-order valence-corrected chi connectivity index (χ1v) is 5.15. The van der Waals surface area contributed by atoms with E-state index >= 15 is 0 Å². The first kappa shape index (κ1) is 9.15. The van der Waals surface area contributed by atoms with Crippen molar-refractivity contribution in [1.82, 2.24) is 9.97 Å². The molecule has 0 radical (unpaired) electrons. The Morgan fingerprint density at radius 1 is 1.21 bits per heavy atom. The van der Waals surface area contributed by atoms with Crippen molar-refractivity contribution >= 4 is 16.5 Å². The number of rotatable bonds is 1. The predicted molar refractivity (Wildman–Crippen MR) is 59.2 cm³/mol. The first-order valence-electron chi connectivity index (χ1n) is 4.34. The smallest absolute Gasteiger partial charge is 0.180 e. The molecule has 3 nitrogen and oxygen atoms in total. The highest BCUT2D eigenvalue weighted by molar-refractivity contribution is 7.18. The van der Waals surface area contributed by atoms with Crippen LogP contribution in [0.25, 0.3) is 10.6 Å². The molecule has 14 heavy (non-hydrogen) atoms. The highest BCUT2D eigenvalue weighted by Gasteiger charge is 2.08. The van der Waals surface area contributed by atoms with Crippen molar-refractivity contribution in [3.05, 3.63) is 29.6 Å². The number of nitrogens with zero attached hydrogens (tertiary/aromatic N) is 2. The molecule has 0 saturated heterocycles. The van der Waals surface area contributed by atoms with Crippen LogP contribution in [0.15, 0.2) is 18.2 Å². The van der Waals surface area contributed by atoms with E-state index in [1.807, 2.05) is 32.0 Å². The first-order chi connectivity index (χ1) is 6.66. The molecule has 72 valence electrons. The molecule has 0 atom stereocenters. The van der Waals surface area contributed by atoms with Gasteiger partial charge in [0.1, 0.15) is 0 Å². The van der Waals surface area contributed by atoms with Crippen molar-refractivity contribution in [2.24, 2.45) is 0 Å². The van der Waals surface area contributed by atoms with Gasteiger partial charge in [-0.25, -0.2) is 4.98 Å². The molecule has 0 amide bonds. The van der Waals surface area contributed by atoms with Crippen molar-refractivity contribution in [3.63, 3.8) is 0 Å². The van der Waals surface area contributed by atoms with Gasteiger partial charge in [-0.15, -0.1) is 0 Å². The molecule has 0 bridgehead atoms. The van der Waals surface area contributed by atoms with Gasteiger partial charge in [-0.1, -0.05) is 17.4 Å². The third-order valence-electron chi connectivity index (χ3n) is 1.93. The molecule has 0 aliphatic rings. The van der Waals surface area contributed by atoms with E-state index in [2.05, 4.69) is 9.97 Å². The largest absolute Gasteiger partial charge is 0.375 e. The van der Waals surface area contributed by atoms with E-state index in [0.29, 0.717) is 5.13 Å². The molecule has 2 N–H and O–H groups in total. The molecule has 2 rings (SSSR count). The lowest BCUT2D eigenvalue weighted by Crippen LogP contribution is -1.85. The fourth-order valence-corrected chi connectivity index (χ4v) is 2.13. The zero-order chi connectivity index (χ0) is 10.1. The minimum atomic E-state index is 0.598. The molecular formula is C10H11N3S. The Morgan fingerprint density at radius 3 is 2.57 bits per heavy atom. The summed E-state index contributed by atoms with van der Waals surface area (Å²) in [5.41, 5.74) is 8.55. The van der Waals surface area contributed by atoms with Crippen LogP contribution >= 0.6 is 11.3 Å². The van der Waals surface area contributed by atoms with E-state index in [0.717, 1.165) is 22.0 Å². The van der Waals surface area contributed by atoms with Crippen molar-refractivity contribution in [2.75, 3.05) is 5.73 Å². The average Bonchev–Trinajstić information content (AvgIpc) is 2.45. The van der Waals surface area contributed by atoms with Gasteiger partial charge >= 0.3 is 0 Å². The standard InChI is InChI=1S/C10H11N3S/c1-6-4-3-5-8(12-6)9-7(2)13-10(11)14-9/h3-5H,1-2H3,(H2,11,13). The van der Waals surface area contributed by atoms with Crippen LogP contribution in [0, 0.1) is 13.8 Å². The number of aryl methyl sites for hydroxylation is 2. The molecule has 4 heteroatoms. The second-order valence-electron chi connectivity index (χ2n) is 3.13. The number of nitrogen functional groups attached to an aromatic ring is 1. The average molecular weight is 205 g/mol. The number of hydrogen-bond acceptors (Lipinski definition) is 4. The van der Waals surface area contributed by atoms with Crippen molar-refractivity contribution in [2.45, 2.75) is 13.8 Å². The van der Waals surface area contributed by atoms with Crippen molar-refractivity contribution < 1.29 is 0 Å². The van der Waals surface area contributed by atoms with Crippen LogP contribution in [0.1, 0.15) is 11.4 Å². The summed E-state index contributed by atoms with van der Waals surface area (Å²) in [6, 6.07) is 5.95. The number of hydrogen-bond donors (Lipinski definition) is 1. The summed E-state index contributed by atoms with van der Waals surface area (Å²) in [5, 5.41) is 0.598. The highest BCUT2D eigenvalue weighted by atomic mass is 32.1. The minimum absolute atomic E-state index is 0.598. The van der Waals surface area contributed by atoms with Gasteiger partial charge in [0.15, 0.2) is 5.13 Å². The maximum atomic E-state index is 5.63. The van der Waals surface area contributed by atoms with Gasteiger partial charge < -0.3 is 5.73 Å². The Kier molecular flexibility index (Phi) is 2.21. The number of thiazole rings is 1. The van der Waals surface area contributed by atoms with E-state index < -0.39 is 0 Å². The summed E-state index contributed by atoms with van der Waals surface area (Å²) in [6.07, 6.45) is 0. The monoisotopic (exact) mass is 205 g/mol. The van der Waals surface area contributed by atoms with E-state index in [4.69, 9.17) is 5.73 Å². The fraction of sp³-hybridized carbons (Fsp3) is 0.200. The topological polar surface area (TPSA) is 51.8 Å². The van der Waals surface area contributed by atoms with Crippen LogP contribution in [-0.4, -0.2) is 9.97 Å². The van der Waals surface area contributed by atoms with E-state index in [-0.39, 0.29) is 0 Å². The van der Waals surface area contributed by atoms with Crippen LogP contribution in [0.5, 0.6) is 0 Å². The summed E-state index contributed by atoms with van der Waals surface area (Å²) in [4.78, 5) is 9.67. The Labute approximate surface area is 86.6 Å². The SMILES string of the molecule is Cc1cccc(-c2sc(N)nc2C)n1. The Balaban J connectivity index is 2.54. The third kappa shape index (κ3) is 1.61. The molecule has 0 fully saturated rings. The van der Waals surface area contributed by atoms with Crippen LogP contribution < -0.4 is 5.73 Å². The molecule has 0 saturated carbocycles. The van der Waals surface area contributed by atoms with E-state index in [9.17, 15) is 0 Å². The van der Waals surface area contributed by atoms with Crippen LogP contribution in [-0.2, 0) is 0 Å². The van der Waals surface area contributed by atoms with Gasteiger partial charge in [-0.2, -0.15) is 0 Å². The Hall–Kier alpha value is -1.42. The molecule has 2 aromatic rings. The zero-order valence-corrected chi connectivity index (χ0v) is 8.93. The van der Waals surface area contributed by atoms with Crippen LogP contribution in [0.4, 0.5) is 5.13 Å². The van der Waals surface area contributed by atoms with Crippen LogP contribution in [0.3, 0.4) is 0 Å². The number of pyridine rings is 1. The summed E-state index contributed by atoms with van der Waals surface area (Å²) < 4.78 is 0. The van der Waals surface area contributed by atoms with E-state index in [1.54, 1.807) is 0 Å². The van der Waals surface area contributed by atoms with Gasteiger partial charge in [-0.3, -0.25) is 4.98 Å². The Morgan fingerprint density at radius 2 is 2.00 bits per heavy atom. The molecule has 0 aliphatic carbocycles. The second kappa shape index (κ2) is 3.38. The highest BCUT2D eigenvalue weighted by Crippen LogP contribution is 2.29. The zero-order valence-electron chi connectivity index (χ0n) is 8.11. The predicted octanol–water partition coefficient (Wildman–Crippen LogP) is 2.40. The van der Waals surface area contributed by atoms with Gasteiger partial charge in [0.2, 0.25) is 0 Å². The molecule has 0 unspecified atom stereocenters. The minimum Gasteiger partial charge on any atom is -0.375 e. The lowest BCUT2D eigenvalue weighted by molar-refractivity contribution is 1.19. The van der Waals surface area contributed by atoms with Crippen molar-refractivity contribution in [3.8, 4) is 10.6 Å². The summed E-state index contributed by atoms with van der Waals surface area (Å²) >= 11 is 1.48. The van der Waals surface area contributed by atoms with Crippen LogP contribution in [0.2, 0.25) is 0 Å². The second-order valence-corrected chi connectivity index (χ2v) is 4.16. The number of anilines is 1. The summed E-state index contributed by atoms with van der Waals surface area (Å²) in [7, 11) is 0. The molecule has 2 heterocycles. The summed E-state index contributed by atoms with van der Waals surface area (Å²) in [5.74, 6) is 0. The molecule has 0 spiro atoms. The molecule has 0 aliphatic heterocycles. The van der Waals surface area contributed by atoms with Gasteiger partial charge in [-0.05, 0) is 26.0 Å². The Bertz CT molecular complexity index is 462. The van der Waals surface area contributed by atoms with Gasteiger partial charge in [0.25, 0.3) is 0 Å². The summed E-state index contributed by atoms with van der Waals surface area (Å²) in [6.45, 7) is 3.93. The number of nitrogens with two attached hydrogens (primary N) is 1. The maximum Gasteiger partial charge on any atom is 0.180 e. The lowest BCUT2D eigenvalue weighted by Gasteiger charge is -1.98. The van der Waals surface area contributed by atoms with Gasteiger partial charge in [0, 0.05) is 5.69 Å². The fourth-order valence-electron chi connectivity index (χ4n) is 1.32. The van der Waals surface area contributed by atoms with Crippen molar-refractivity contribution in [1.29, 1.82) is 0 Å².